The number of aliphatic hydroxyl groups is 1. The van der Waals surface area contributed by atoms with Gasteiger partial charge in [0.25, 0.3) is 0 Å². The zero-order chi connectivity index (χ0) is 15.1. The van der Waals surface area contributed by atoms with Gasteiger partial charge in [-0.05, 0) is 24.5 Å². The van der Waals surface area contributed by atoms with Crippen LogP contribution in [0.5, 0.6) is 0 Å². The van der Waals surface area contributed by atoms with Crippen LogP contribution in [0, 0.1) is 0 Å². The first-order valence-electron chi connectivity index (χ1n) is 6.33. The molecule has 1 fully saturated rings. The van der Waals surface area contributed by atoms with E-state index in [-0.39, 0.29) is 23.3 Å². The Hall–Kier alpha value is -0.950. The molecule has 1 aliphatic rings. The Labute approximate surface area is 136 Å². The topological polar surface area (TPSA) is 76.7 Å². The SMILES string of the molecule is OC(Cc1cc(Cl)nnc1Cl)(Cn1cncn1)C1(Cl)CC1. The van der Waals surface area contributed by atoms with Gasteiger partial charge in [0.1, 0.15) is 18.3 Å². The Morgan fingerprint density at radius 3 is 2.71 bits per heavy atom. The second kappa shape index (κ2) is 5.35. The molecule has 0 bridgehead atoms. The van der Waals surface area contributed by atoms with Crippen molar-refractivity contribution in [1.29, 1.82) is 0 Å². The van der Waals surface area contributed by atoms with Gasteiger partial charge < -0.3 is 5.11 Å². The number of hydrogen-bond donors (Lipinski definition) is 1. The lowest BCUT2D eigenvalue weighted by Gasteiger charge is -2.33. The third kappa shape index (κ3) is 2.99. The zero-order valence-corrected chi connectivity index (χ0v) is 13.1. The average molecular weight is 349 g/mol. The van der Waals surface area contributed by atoms with Crippen molar-refractivity contribution in [3.63, 3.8) is 0 Å². The summed E-state index contributed by atoms with van der Waals surface area (Å²) < 4.78 is 1.55. The number of hydrogen-bond acceptors (Lipinski definition) is 5. The molecule has 0 aromatic carbocycles. The van der Waals surface area contributed by atoms with Gasteiger partial charge in [0, 0.05) is 6.42 Å². The highest BCUT2D eigenvalue weighted by atomic mass is 35.5. The molecule has 0 aliphatic heterocycles. The van der Waals surface area contributed by atoms with Crippen molar-refractivity contribution in [3.8, 4) is 0 Å². The van der Waals surface area contributed by atoms with E-state index in [1.54, 1.807) is 10.7 Å². The van der Waals surface area contributed by atoms with Gasteiger partial charge in [-0.1, -0.05) is 23.2 Å². The molecular formula is C12H12Cl3N5O. The molecule has 1 unspecified atom stereocenters. The summed E-state index contributed by atoms with van der Waals surface area (Å²) in [5.74, 6) is 0. The van der Waals surface area contributed by atoms with Crippen LogP contribution < -0.4 is 0 Å². The summed E-state index contributed by atoms with van der Waals surface area (Å²) in [4.78, 5) is 3.18. The maximum atomic E-state index is 11.1. The van der Waals surface area contributed by atoms with E-state index < -0.39 is 10.5 Å². The van der Waals surface area contributed by atoms with Crippen LogP contribution in [-0.4, -0.2) is 40.5 Å². The molecule has 3 rings (SSSR count). The fraction of sp³-hybridized carbons (Fsp3) is 0.500. The minimum atomic E-state index is -1.22. The van der Waals surface area contributed by atoms with Crippen molar-refractivity contribution < 1.29 is 5.11 Å². The highest BCUT2D eigenvalue weighted by Gasteiger charge is 2.58. The minimum absolute atomic E-state index is 0.206. The number of rotatable bonds is 5. The summed E-state index contributed by atoms with van der Waals surface area (Å²) in [6.45, 7) is 0.215. The number of aromatic nitrogens is 5. The van der Waals surface area contributed by atoms with E-state index in [9.17, 15) is 5.11 Å². The second-order valence-electron chi connectivity index (χ2n) is 5.25. The predicted octanol–water partition coefficient (Wildman–Crippen LogP) is 2.12. The quantitative estimate of drug-likeness (QED) is 0.838. The summed E-state index contributed by atoms with van der Waals surface area (Å²) in [6.07, 6.45) is 4.61. The highest BCUT2D eigenvalue weighted by Crippen LogP contribution is 2.53. The summed E-state index contributed by atoms with van der Waals surface area (Å²) in [7, 11) is 0. The largest absolute Gasteiger partial charge is 0.386 e. The summed E-state index contributed by atoms with van der Waals surface area (Å²) in [5, 5.41) is 23.0. The van der Waals surface area contributed by atoms with Crippen molar-refractivity contribution in [3.05, 3.63) is 34.6 Å². The molecule has 1 atom stereocenters. The van der Waals surface area contributed by atoms with Crippen LogP contribution >= 0.6 is 34.8 Å². The number of alkyl halides is 1. The number of nitrogens with zero attached hydrogens (tertiary/aromatic N) is 5. The van der Waals surface area contributed by atoms with E-state index in [1.165, 1.54) is 12.7 Å². The summed E-state index contributed by atoms with van der Waals surface area (Å²) >= 11 is 18.4. The smallest absolute Gasteiger partial charge is 0.155 e. The minimum Gasteiger partial charge on any atom is -0.386 e. The van der Waals surface area contributed by atoms with Crippen LogP contribution in [-0.2, 0) is 13.0 Å². The van der Waals surface area contributed by atoms with E-state index in [2.05, 4.69) is 20.3 Å². The first kappa shape index (κ1) is 15.0. The lowest BCUT2D eigenvalue weighted by atomic mass is 9.89. The standard InChI is InChI=1S/C12H12Cl3N5O/c13-9-3-8(10(14)19-18-9)4-12(21,11(15)1-2-11)5-20-7-16-6-17-20/h3,6-7,21H,1-2,4-5H2. The van der Waals surface area contributed by atoms with Crippen molar-refractivity contribution in [1.82, 2.24) is 25.0 Å². The van der Waals surface area contributed by atoms with Crippen LogP contribution in [0.1, 0.15) is 18.4 Å². The van der Waals surface area contributed by atoms with E-state index in [4.69, 9.17) is 34.8 Å². The Bertz CT molecular complexity index is 646. The highest BCUT2D eigenvalue weighted by molar-refractivity contribution is 6.31. The van der Waals surface area contributed by atoms with Crippen molar-refractivity contribution in [2.45, 2.75) is 36.3 Å². The zero-order valence-electron chi connectivity index (χ0n) is 10.9. The fourth-order valence-electron chi connectivity index (χ4n) is 2.34. The molecule has 0 amide bonds. The monoisotopic (exact) mass is 347 g/mol. The lowest BCUT2D eigenvalue weighted by Crippen LogP contribution is -2.47. The van der Waals surface area contributed by atoms with Crippen LogP contribution in [0.25, 0.3) is 0 Å². The molecule has 2 heterocycles. The van der Waals surface area contributed by atoms with Gasteiger partial charge in [-0.15, -0.1) is 21.8 Å². The Kier molecular flexibility index (Phi) is 3.81. The van der Waals surface area contributed by atoms with Crippen LogP contribution in [0.2, 0.25) is 10.3 Å². The molecule has 6 nitrogen and oxygen atoms in total. The van der Waals surface area contributed by atoms with Gasteiger partial charge in [-0.25, -0.2) is 9.67 Å². The average Bonchev–Trinajstić information content (AvgIpc) is 2.99. The van der Waals surface area contributed by atoms with Crippen LogP contribution in [0.4, 0.5) is 0 Å². The second-order valence-corrected chi connectivity index (χ2v) is 6.72. The van der Waals surface area contributed by atoms with E-state index in [0.29, 0.717) is 5.56 Å². The fourth-order valence-corrected chi connectivity index (χ4v) is 2.89. The Morgan fingerprint density at radius 2 is 2.10 bits per heavy atom. The molecular weight excluding hydrogens is 337 g/mol. The molecule has 21 heavy (non-hydrogen) atoms. The lowest BCUT2D eigenvalue weighted by molar-refractivity contribution is 0.00757. The maximum absolute atomic E-state index is 11.1. The third-order valence-corrected chi connectivity index (χ3v) is 4.92. The molecule has 9 heteroatoms. The van der Waals surface area contributed by atoms with Gasteiger partial charge in [-0.2, -0.15) is 5.10 Å². The molecule has 1 aliphatic carbocycles. The van der Waals surface area contributed by atoms with Crippen LogP contribution in [0.3, 0.4) is 0 Å². The molecule has 0 radical (unpaired) electrons. The van der Waals surface area contributed by atoms with E-state index in [1.807, 2.05) is 0 Å². The number of halogens is 3. The molecule has 1 N–H and O–H groups in total. The van der Waals surface area contributed by atoms with Crippen molar-refractivity contribution in [2.75, 3.05) is 0 Å². The molecule has 0 spiro atoms. The van der Waals surface area contributed by atoms with Crippen molar-refractivity contribution in [2.24, 2.45) is 0 Å². The van der Waals surface area contributed by atoms with Crippen LogP contribution in [0.15, 0.2) is 18.7 Å². The Balaban J connectivity index is 1.91. The molecule has 1 saturated carbocycles. The molecule has 2 aromatic heterocycles. The van der Waals surface area contributed by atoms with Gasteiger partial charge in [0.2, 0.25) is 0 Å². The molecule has 2 aromatic rings. The van der Waals surface area contributed by atoms with E-state index in [0.717, 1.165) is 12.8 Å². The molecule has 112 valence electrons. The summed E-state index contributed by atoms with van der Waals surface area (Å²) in [5.41, 5.74) is -0.621. The van der Waals surface area contributed by atoms with E-state index >= 15 is 0 Å². The predicted molar refractivity (Wildman–Crippen MR) is 78.5 cm³/mol. The van der Waals surface area contributed by atoms with Gasteiger partial charge >= 0.3 is 0 Å². The molecule has 0 saturated heterocycles. The van der Waals surface area contributed by atoms with Gasteiger partial charge in [-0.3, -0.25) is 0 Å². The first-order chi connectivity index (χ1) is 9.92. The Morgan fingerprint density at radius 1 is 1.33 bits per heavy atom. The van der Waals surface area contributed by atoms with Gasteiger partial charge in [0.15, 0.2) is 10.3 Å². The summed E-state index contributed by atoms with van der Waals surface area (Å²) in [6, 6.07) is 1.59. The maximum Gasteiger partial charge on any atom is 0.155 e. The first-order valence-corrected chi connectivity index (χ1v) is 7.47. The normalized spacial score (nSPS) is 19.2. The van der Waals surface area contributed by atoms with Gasteiger partial charge in [0.05, 0.1) is 11.4 Å². The van der Waals surface area contributed by atoms with Crippen molar-refractivity contribution >= 4 is 34.8 Å². The third-order valence-electron chi connectivity index (χ3n) is 3.69.